The van der Waals surface area contributed by atoms with Gasteiger partial charge in [0.2, 0.25) is 5.91 Å². The van der Waals surface area contributed by atoms with Gasteiger partial charge in [0.25, 0.3) is 11.8 Å². The second kappa shape index (κ2) is 7.76. The predicted octanol–water partition coefficient (Wildman–Crippen LogP) is 4.61. The van der Waals surface area contributed by atoms with E-state index in [1.807, 2.05) is 33.8 Å². The van der Waals surface area contributed by atoms with Crippen LogP contribution in [-0.2, 0) is 4.79 Å². The molecule has 0 radical (unpaired) electrons. The van der Waals surface area contributed by atoms with Crippen LogP contribution in [0.25, 0.3) is 0 Å². The van der Waals surface area contributed by atoms with Crippen LogP contribution in [0.1, 0.15) is 52.1 Å². The van der Waals surface area contributed by atoms with E-state index in [-0.39, 0.29) is 5.92 Å². The average Bonchev–Trinajstić information content (AvgIpc) is 2.90. The summed E-state index contributed by atoms with van der Waals surface area (Å²) in [6.07, 6.45) is 0.631. The van der Waals surface area contributed by atoms with Crippen LogP contribution in [-0.4, -0.2) is 28.7 Å². The van der Waals surface area contributed by atoms with Gasteiger partial charge in [0, 0.05) is 0 Å². The van der Waals surface area contributed by atoms with Crippen molar-refractivity contribution in [2.24, 2.45) is 5.92 Å². The first-order valence-electron chi connectivity index (χ1n) is 9.30. The van der Waals surface area contributed by atoms with Gasteiger partial charge in [-0.25, -0.2) is 0 Å². The van der Waals surface area contributed by atoms with Crippen molar-refractivity contribution in [1.29, 1.82) is 0 Å². The molecule has 0 fully saturated rings. The van der Waals surface area contributed by atoms with Crippen LogP contribution < -0.4 is 5.32 Å². The topological polar surface area (TPSA) is 66.5 Å². The van der Waals surface area contributed by atoms with Crippen molar-refractivity contribution in [3.8, 4) is 0 Å². The smallest absolute Gasteiger partial charge is 0.262 e. The zero-order valence-electron chi connectivity index (χ0n) is 16.4. The lowest BCUT2D eigenvalue weighted by molar-refractivity contribution is -0.121. The van der Waals surface area contributed by atoms with Crippen molar-refractivity contribution in [3.63, 3.8) is 0 Å². The number of hydrogen-bond acceptors (Lipinski definition) is 3. The second-order valence-corrected chi connectivity index (χ2v) is 7.69. The van der Waals surface area contributed by atoms with E-state index in [0.29, 0.717) is 28.3 Å². The lowest BCUT2D eigenvalue weighted by atomic mass is 9.96. The summed E-state index contributed by atoms with van der Waals surface area (Å²) in [7, 11) is 0. The van der Waals surface area contributed by atoms with Crippen LogP contribution >= 0.6 is 11.6 Å². The number of benzene rings is 2. The summed E-state index contributed by atoms with van der Waals surface area (Å²) >= 11 is 6.32. The molecule has 3 amide bonds. The van der Waals surface area contributed by atoms with E-state index in [0.717, 1.165) is 16.0 Å². The molecule has 2 atom stereocenters. The molecule has 1 aliphatic rings. The fraction of sp³-hybridized carbons (Fsp3) is 0.318. The summed E-state index contributed by atoms with van der Waals surface area (Å²) in [6.45, 7) is 7.56. The van der Waals surface area contributed by atoms with Crippen molar-refractivity contribution < 1.29 is 14.4 Å². The Balaban J connectivity index is 1.97. The molecule has 28 heavy (non-hydrogen) atoms. The number of nitrogens with one attached hydrogen (secondary N) is 1. The SMILES string of the molecule is CC[C@H](C)[C@@H](C(=O)Nc1c(C)cc(C)cc1Cl)N1C(=O)c2ccccc2C1=O. The normalized spacial score (nSPS) is 15.4. The molecule has 3 rings (SSSR count). The van der Waals surface area contributed by atoms with Gasteiger partial charge < -0.3 is 5.32 Å². The molecule has 0 saturated heterocycles. The number of fused-ring (bicyclic) bond motifs is 1. The number of aryl methyl sites for hydroxylation is 2. The van der Waals surface area contributed by atoms with E-state index in [2.05, 4.69) is 5.32 Å². The first kappa shape index (κ1) is 20.1. The van der Waals surface area contributed by atoms with Crippen molar-refractivity contribution in [2.75, 3.05) is 5.32 Å². The van der Waals surface area contributed by atoms with Gasteiger partial charge in [-0.3, -0.25) is 19.3 Å². The number of amides is 3. The third-order valence-electron chi connectivity index (χ3n) is 5.24. The Morgan fingerprint density at radius 1 is 1.11 bits per heavy atom. The van der Waals surface area contributed by atoms with E-state index < -0.39 is 23.8 Å². The minimum absolute atomic E-state index is 0.216. The van der Waals surface area contributed by atoms with Crippen LogP contribution in [0.4, 0.5) is 5.69 Å². The van der Waals surface area contributed by atoms with Crippen LogP contribution in [0.15, 0.2) is 36.4 Å². The lowest BCUT2D eigenvalue weighted by Gasteiger charge is -2.30. The van der Waals surface area contributed by atoms with Gasteiger partial charge in [-0.15, -0.1) is 0 Å². The number of imide groups is 1. The molecule has 1 aliphatic heterocycles. The monoisotopic (exact) mass is 398 g/mol. The lowest BCUT2D eigenvalue weighted by Crippen LogP contribution is -2.50. The van der Waals surface area contributed by atoms with E-state index in [9.17, 15) is 14.4 Å². The second-order valence-electron chi connectivity index (χ2n) is 7.28. The fourth-order valence-electron chi connectivity index (χ4n) is 3.59. The molecule has 2 aromatic rings. The zero-order valence-corrected chi connectivity index (χ0v) is 17.1. The highest BCUT2D eigenvalue weighted by molar-refractivity contribution is 6.34. The molecule has 146 valence electrons. The van der Waals surface area contributed by atoms with Gasteiger partial charge in [0.15, 0.2) is 0 Å². The highest BCUT2D eigenvalue weighted by atomic mass is 35.5. The Hall–Kier alpha value is -2.66. The molecular formula is C22H23ClN2O3. The Kier molecular flexibility index (Phi) is 5.57. The van der Waals surface area contributed by atoms with Crippen molar-refractivity contribution >= 4 is 35.0 Å². The van der Waals surface area contributed by atoms with E-state index >= 15 is 0 Å². The van der Waals surface area contributed by atoms with Gasteiger partial charge in [0.05, 0.1) is 21.8 Å². The molecule has 2 aromatic carbocycles. The third-order valence-corrected chi connectivity index (χ3v) is 5.53. The molecule has 0 aliphatic carbocycles. The quantitative estimate of drug-likeness (QED) is 0.748. The van der Waals surface area contributed by atoms with Crippen LogP contribution in [0.5, 0.6) is 0 Å². The van der Waals surface area contributed by atoms with Gasteiger partial charge in [0.1, 0.15) is 6.04 Å². The van der Waals surface area contributed by atoms with E-state index in [1.165, 1.54) is 0 Å². The summed E-state index contributed by atoms with van der Waals surface area (Å²) in [6, 6.07) is 9.41. The largest absolute Gasteiger partial charge is 0.323 e. The molecule has 0 aromatic heterocycles. The van der Waals surface area contributed by atoms with Crippen LogP contribution in [0.3, 0.4) is 0 Å². The number of nitrogens with zero attached hydrogens (tertiary/aromatic N) is 1. The number of hydrogen-bond donors (Lipinski definition) is 1. The summed E-state index contributed by atoms with van der Waals surface area (Å²) < 4.78 is 0. The summed E-state index contributed by atoms with van der Waals surface area (Å²) in [5, 5.41) is 3.28. The number of rotatable bonds is 5. The number of halogens is 1. The third kappa shape index (κ3) is 3.42. The highest BCUT2D eigenvalue weighted by Gasteiger charge is 2.44. The first-order chi connectivity index (χ1) is 13.3. The Bertz CT molecular complexity index is 912. The minimum Gasteiger partial charge on any atom is -0.323 e. The molecule has 6 heteroatoms. The van der Waals surface area contributed by atoms with Gasteiger partial charge in [-0.05, 0) is 49.1 Å². The van der Waals surface area contributed by atoms with Crippen LogP contribution in [0, 0.1) is 19.8 Å². The molecule has 1 heterocycles. The highest BCUT2D eigenvalue weighted by Crippen LogP contribution is 2.31. The first-order valence-corrected chi connectivity index (χ1v) is 9.68. The van der Waals surface area contributed by atoms with Crippen molar-refractivity contribution in [1.82, 2.24) is 4.90 Å². The molecular weight excluding hydrogens is 376 g/mol. The zero-order chi connectivity index (χ0) is 20.6. The van der Waals surface area contributed by atoms with E-state index in [1.54, 1.807) is 30.3 Å². The maximum atomic E-state index is 13.2. The Labute approximate surface area is 169 Å². The van der Waals surface area contributed by atoms with Gasteiger partial charge in [-0.2, -0.15) is 0 Å². The molecule has 0 bridgehead atoms. The average molecular weight is 399 g/mol. The summed E-state index contributed by atoms with van der Waals surface area (Å²) in [5.74, 6) is -1.51. The number of carbonyl (C=O) groups excluding carboxylic acids is 3. The molecule has 1 N–H and O–H groups in total. The Morgan fingerprint density at radius 2 is 1.68 bits per heavy atom. The maximum absolute atomic E-state index is 13.2. The van der Waals surface area contributed by atoms with Crippen molar-refractivity contribution in [2.45, 2.75) is 40.2 Å². The molecule has 0 saturated carbocycles. The molecule has 0 spiro atoms. The van der Waals surface area contributed by atoms with Gasteiger partial charge in [-0.1, -0.05) is 50.1 Å². The molecule has 5 nitrogen and oxygen atoms in total. The summed E-state index contributed by atoms with van der Waals surface area (Å²) in [4.78, 5) is 40.1. The Morgan fingerprint density at radius 3 is 2.18 bits per heavy atom. The number of anilines is 1. The standard InChI is InChI=1S/C22H23ClN2O3/c1-5-13(3)19(20(26)24-18-14(4)10-12(2)11-17(18)23)25-21(27)15-8-6-7-9-16(15)22(25)28/h6-11,13,19H,5H2,1-4H3,(H,24,26)/t13-,19-/m0/s1. The molecule has 0 unspecified atom stereocenters. The number of carbonyl (C=O) groups is 3. The van der Waals surface area contributed by atoms with Gasteiger partial charge >= 0.3 is 0 Å². The fourth-order valence-corrected chi connectivity index (χ4v) is 3.95. The summed E-state index contributed by atoms with van der Waals surface area (Å²) in [5.41, 5.74) is 2.97. The maximum Gasteiger partial charge on any atom is 0.262 e. The predicted molar refractivity (Wildman–Crippen MR) is 110 cm³/mol. The minimum atomic E-state index is -0.922. The van der Waals surface area contributed by atoms with E-state index in [4.69, 9.17) is 11.6 Å². The van der Waals surface area contributed by atoms with Crippen molar-refractivity contribution in [3.05, 3.63) is 63.7 Å². The van der Waals surface area contributed by atoms with Crippen LogP contribution in [0.2, 0.25) is 5.02 Å².